The quantitative estimate of drug-likeness (QED) is 0.365. The highest BCUT2D eigenvalue weighted by Crippen LogP contribution is 2.40. The van der Waals surface area contributed by atoms with Crippen molar-refractivity contribution in [2.75, 3.05) is 4.72 Å². The fourth-order valence-electron chi connectivity index (χ4n) is 4.51. The van der Waals surface area contributed by atoms with Gasteiger partial charge in [0.05, 0.1) is 16.3 Å². The zero-order chi connectivity index (χ0) is 26.5. The van der Waals surface area contributed by atoms with E-state index >= 15 is 0 Å². The Morgan fingerprint density at radius 1 is 0.889 bits per heavy atom. The van der Waals surface area contributed by atoms with Crippen molar-refractivity contribution in [1.29, 1.82) is 0 Å². The number of aromatic nitrogens is 2. The van der Waals surface area contributed by atoms with Gasteiger partial charge >= 0.3 is 5.69 Å². The van der Waals surface area contributed by atoms with Crippen LogP contribution < -0.4 is 10.4 Å². The molecule has 0 spiro atoms. The smallest absolute Gasteiger partial charge is 0.338 e. The molecule has 8 nitrogen and oxygen atoms in total. The molecule has 3 N–H and O–H groups in total. The number of nitrogens with zero attached hydrogens (tertiary/aromatic N) is 2. The van der Waals surface area contributed by atoms with Crippen molar-refractivity contribution in [3.8, 4) is 17.4 Å². The molecule has 1 saturated carbocycles. The van der Waals surface area contributed by atoms with Crippen LogP contribution in [-0.2, 0) is 10.0 Å². The number of benzene rings is 2. The molecular formula is C27H35N3O5S. The van der Waals surface area contributed by atoms with E-state index in [4.69, 9.17) is 0 Å². The van der Waals surface area contributed by atoms with E-state index in [1.807, 2.05) is 39.8 Å². The van der Waals surface area contributed by atoms with Crippen LogP contribution in [0.5, 0.6) is 11.8 Å². The van der Waals surface area contributed by atoms with Gasteiger partial charge in [-0.15, -0.1) is 0 Å². The van der Waals surface area contributed by atoms with Crippen LogP contribution in [0.25, 0.3) is 5.69 Å². The zero-order valence-electron chi connectivity index (χ0n) is 21.6. The fourth-order valence-corrected chi connectivity index (χ4v) is 6.25. The zero-order valence-corrected chi connectivity index (χ0v) is 22.4. The van der Waals surface area contributed by atoms with Crippen LogP contribution in [0.15, 0.2) is 46.1 Å². The van der Waals surface area contributed by atoms with Gasteiger partial charge in [0.1, 0.15) is 0 Å². The maximum Gasteiger partial charge on any atom is 0.338 e. The lowest BCUT2D eigenvalue weighted by Crippen LogP contribution is -2.23. The largest absolute Gasteiger partial charge is 0.491 e. The van der Waals surface area contributed by atoms with Crippen LogP contribution in [0.2, 0.25) is 0 Å². The Morgan fingerprint density at radius 2 is 1.47 bits per heavy atom. The second kappa shape index (κ2) is 9.35. The summed E-state index contributed by atoms with van der Waals surface area (Å²) in [5, 5.41) is 20.7. The van der Waals surface area contributed by atoms with Gasteiger partial charge in [-0.25, -0.2) is 17.8 Å². The highest BCUT2D eigenvalue weighted by molar-refractivity contribution is 7.92. The lowest BCUT2D eigenvalue weighted by Gasteiger charge is -2.23. The van der Waals surface area contributed by atoms with Crippen molar-refractivity contribution in [3.05, 3.63) is 63.6 Å². The summed E-state index contributed by atoms with van der Waals surface area (Å²) in [6, 6.07) is 10.1. The third kappa shape index (κ3) is 4.64. The summed E-state index contributed by atoms with van der Waals surface area (Å²) in [5.74, 6) is -0.825. The van der Waals surface area contributed by atoms with E-state index in [0.717, 1.165) is 34.1 Å². The van der Waals surface area contributed by atoms with Crippen LogP contribution >= 0.6 is 0 Å². The van der Waals surface area contributed by atoms with Gasteiger partial charge in [-0.3, -0.25) is 9.29 Å². The van der Waals surface area contributed by atoms with Gasteiger partial charge < -0.3 is 10.2 Å². The van der Waals surface area contributed by atoms with E-state index < -0.39 is 27.5 Å². The second-order valence-corrected chi connectivity index (χ2v) is 12.1. The van der Waals surface area contributed by atoms with Gasteiger partial charge in [-0.2, -0.15) is 0 Å². The first-order chi connectivity index (χ1) is 16.8. The average molecular weight is 514 g/mol. The van der Waals surface area contributed by atoms with Crippen LogP contribution in [0, 0.1) is 0 Å². The molecule has 1 fully saturated rings. The lowest BCUT2D eigenvalue weighted by molar-refractivity contribution is 0.363. The lowest BCUT2D eigenvalue weighted by atomic mass is 9.89. The maximum atomic E-state index is 13.8. The summed E-state index contributed by atoms with van der Waals surface area (Å²) in [4.78, 5) is 13.2. The van der Waals surface area contributed by atoms with Gasteiger partial charge in [0.2, 0.25) is 0 Å². The first-order valence-electron chi connectivity index (χ1n) is 12.4. The standard InChI is InChI=1S/C27H35N3O5S/c1-15(2)18-12-22(16(3)4)24(23(13-18)17(5)6)36(34,35)28-19-8-7-9-21(14-19)30-26(32)25(31)29(27(30)33)20-10-11-20/h7-9,12-17,20,28,31-32H,10-11H2,1-6H3. The number of hydrogen-bond donors (Lipinski definition) is 3. The van der Waals surface area contributed by atoms with E-state index in [0.29, 0.717) is 0 Å². The number of imidazole rings is 1. The van der Waals surface area contributed by atoms with Gasteiger partial charge in [0, 0.05) is 6.04 Å². The summed E-state index contributed by atoms with van der Waals surface area (Å²) in [5.41, 5.74) is 2.53. The molecule has 3 aromatic rings. The fraction of sp³-hybridized carbons (Fsp3) is 0.444. The number of hydrogen-bond acceptors (Lipinski definition) is 5. The molecule has 9 heteroatoms. The van der Waals surface area contributed by atoms with Crippen LogP contribution in [0.1, 0.15) is 94.9 Å². The maximum absolute atomic E-state index is 13.8. The van der Waals surface area contributed by atoms with Crippen molar-refractivity contribution < 1.29 is 18.6 Å². The first kappa shape index (κ1) is 25.9. The molecule has 2 aromatic carbocycles. The van der Waals surface area contributed by atoms with Crippen molar-refractivity contribution in [3.63, 3.8) is 0 Å². The molecule has 0 saturated heterocycles. The van der Waals surface area contributed by atoms with Crippen LogP contribution in [-0.4, -0.2) is 27.8 Å². The molecule has 1 aliphatic carbocycles. The number of rotatable bonds is 8. The SMILES string of the molecule is CC(C)c1cc(C(C)C)c(S(=O)(=O)Nc2cccc(-n3c(O)c(O)n(C4CC4)c3=O)c2)c(C(C)C)c1. The molecule has 4 rings (SSSR count). The van der Waals surface area contributed by atoms with Crippen molar-refractivity contribution in [1.82, 2.24) is 9.13 Å². The molecule has 0 atom stereocenters. The molecule has 1 aliphatic rings. The Balaban J connectivity index is 1.80. The Kier molecular flexibility index (Phi) is 6.72. The highest BCUT2D eigenvalue weighted by atomic mass is 32.2. The van der Waals surface area contributed by atoms with E-state index in [1.165, 1.54) is 10.6 Å². The van der Waals surface area contributed by atoms with Gasteiger partial charge in [0.15, 0.2) is 0 Å². The average Bonchev–Trinajstić information content (AvgIpc) is 3.59. The molecule has 0 aliphatic heterocycles. The van der Waals surface area contributed by atoms with Crippen molar-refractivity contribution >= 4 is 15.7 Å². The third-order valence-corrected chi connectivity index (χ3v) is 8.17. The topological polar surface area (TPSA) is 114 Å². The Bertz CT molecular complexity index is 1430. The predicted molar refractivity (Wildman–Crippen MR) is 141 cm³/mol. The summed E-state index contributed by atoms with van der Waals surface area (Å²) < 4.78 is 32.4. The third-order valence-electron chi connectivity index (χ3n) is 6.65. The Labute approximate surface area is 212 Å². The van der Waals surface area contributed by atoms with E-state index in [2.05, 4.69) is 18.6 Å². The van der Waals surface area contributed by atoms with E-state index in [1.54, 1.807) is 18.2 Å². The van der Waals surface area contributed by atoms with Gasteiger partial charge in [-0.05, 0) is 65.5 Å². The minimum absolute atomic E-state index is 0.0141. The molecule has 1 heterocycles. The molecule has 1 aromatic heterocycles. The second-order valence-electron chi connectivity index (χ2n) is 10.5. The highest BCUT2D eigenvalue weighted by Gasteiger charge is 2.32. The molecular weight excluding hydrogens is 478 g/mol. The van der Waals surface area contributed by atoms with Gasteiger partial charge in [0.25, 0.3) is 21.8 Å². The number of anilines is 1. The molecule has 0 bridgehead atoms. The van der Waals surface area contributed by atoms with E-state index in [9.17, 15) is 23.4 Å². The summed E-state index contributed by atoms with van der Waals surface area (Å²) in [6.07, 6.45) is 1.51. The Morgan fingerprint density at radius 3 is 1.97 bits per heavy atom. The number of aromatic hydroxyl groups is 2. The van der Waals surface area contributed by atoms with Crippen molar-refractivity contribution in [2.45, 2.75) is 83.1 Å². The van der Waals surface area contributed by atoms with E-state index in [-0.39, 0.29) is 40.1 Å². The predicted octanol–water partition coefficient (Wildman–Crippen LogP) is 5.56. The minimum Gasteiger partial charge on any atom is -0.491 e. The van der Waals surface area contributed by atoms with Gasteiger partial charge in [-0.1, -0.05) is 59.7 Å². The molecule has 0 amide bonds. The number of nitrogens with one attached hydrogen (secondary N) is 1. The number of sulfonamides is 1. The first-order valence-corrected chi connectivity index (χ1v) is 13.9. The van der Waals surface area contributed by atoms with Crippen molar-refractivity contribution in [2.24, 2.45) is 0 Å². The molecule has 0 unspecified atom stereocenters. The molecule has 36 heavy (non-hydrogen) atoms. The summed E-state index contributed by atoms with van der Waals surface area (Å²) >= 11 is 0. The summed E-state index contributed by atoms with van der Waals surface area (Å²) in [6.45, 7) is 12.1. The van der Waals surface area contributed by atoms with Crippen LogP contribution in [0.3, 0.4) is 0 Å². The van der Waals surface area contributed by atoms with Crippen LogP contribution in [0.4, 0.5) is 5.69 Å². The monoisotopic (exact) mass is 513 g/mol. The Hall–Kier alpha value is -3.20. The molecule has 0 radical (unpaired) electrons. The molecule has 194 valence electrons. The summed E-state index contributed by atoms with van der Waals surface area (Å²) in [7, 11) is -3.99. The minimum atomic E-state index is -3.99. The normalized spacial score (nSPS) is 14.2.